The molecule has 1 unspecified atom stereocenters. The van der Waals surface area contributed by atoms with Crippen LogP contribution in [-0.2, 0) is 40.1 Å². The highest BCUT2D eigenvalue weighted by atomic mass is 32.3. The third-order valence-corrected chi connectivity index (χ3v) is 6.49. The lowest BCUT2D eigenvalue weighted by Crippen LogP contribution is -2.34. The molecule has 0 aromatic heterocycles. The Balaban J connectivity index is 0.000000541. The number of alkyl halides is 6. The van der Waals surface area contributed by atoms with Gasteiger partial charge in [-0.05, 0) is 23.1 Å². The van der Waals surface area contributed by atoms with E-state index in [1.807, 2.05) is 21.8 Å². The van der Waals surface area contributed by atoms with E-state index in [1.54, 1.807) is 6.26 Å². The van der Waals surface area contributed by atoms with Crippen LogP contribution < -0.4 is 5.73 Å². The first-order valence-corrected chi connectivity index (χ1v) is 11.5. The number of hydrogen-bond donors (Lipinski definition) is 1. The Morgan fingerprint density at radius 1 is 0.897 bits per heavy atom. The van der Waals surface area contributed by atoms with Crippen molar-refractivity contribution >= 4 is 36.7 Å². The minimum Gasteiger partial charge on any atom is -0.398 e. The molecule has 1 aromatic carbocycles. The molecule has 0 heterocycles. The molecule has 1 atom stereocenters. The van der Waals surface area contributed by atoms with Gasteiger partial charge in [-0.15, -0.1) is 3.63 Å². The van der Waals surface area contributed by atoms with E-state index in [-0.39, 0.29) is 5.41 Å². The molecule has 0 spiro atoms. The van der Waals surface area contributed by atoms with Crippen molar-refractivity contribution in [1.29, 1.82) is 0 Å². The Bertz CT molecular complexity index is 920. The molecule has 0 amide bonds. The number of nitrogen functional groups attached to an aromatic ring is 1. The maximum Gasteiger partial charge on any atom is 0.524 e. The SMILES string of the molecule is CS(=O)c1ccc(C(C)(C)C)cc1N.O=S(=O)(OS(=O)(=O)C(F)(F)F)C(F)(F)F. The topological polar surface area (TPSA) is 121 Å². The fraction of sp³-hybridized carbons (Fsp3) is 0.538. The molecular weight excluding hydrogens is 476 g/mol. The molecule has 0 aliphatic heterocycles. The summed E-state index contributed by atoms with van der Waals surface area (Å²) in [4.78, 5) is 0.720. The van der Waals surface area contributed by atoms with Crippen LogP contribution in [0.4, 0.5) is 32.0 Å². The summed E-state index contributed by atoms with van der Waals surface area (Å²) >= 11 is 0. The molecule has 2 N–H and O–H groups in total. The molecule has 0 saturated carbocycles. The van der Waals surface area contributed by atoms with E-state index in [0.717, 1.165) is 4.90 Å². The summed E-state index contributed by atoms with van der Waals surface area (Å²) in [5.74, 6) is 0. The van der Waals surface area contributed by atoms with Crippen molar-refractivity contribution in [3.8, 4) is 0 Å². The fourth-order valence-electron chi connectivity index (χ4n) is 1.47. The Kier molecular flexibility index (Phi) is 8.35. The van der Waals surface area contributed by atoms with Crippen LogP contribution in [0.15, 0.2) is 23.1 Å². The molecule has 0 aliphatic carbocycles. The molecular formula is C13H17F6NO6S3. The molecule has 0 aliphatic rings. The second kappa shape index (κ2) is 8.77. The van der Waals surface area contributed by atoms with Crippen molar-refractivity contribution < 1.29 is 51.0 Å². The van der Waals surface area contributed by atoms with Crippen molar-refractivity contribution in [2.24, 2.45) is 0 Å². The van der Waals surface area contributed by atoms with Crippen LogP contribution in [0.1, 0.15) is 26.3 Å². The summed E-state index contributed by atoms with van der Waals surface area (Å²) in [6, 6.07) is 5.76. The summed E-state index contributed by atoms with van der Waals surface area (Å²) in [5, 5.41) is 0. The number of benzene rings is 1. The van der Waals surface area contributed by atoms with Crippen LogP contribution in [0.25, 0.3) is 0 Å². The maximum absolute atomic E-state index is 11.4. The lowest BCUT2D eigenvalue weighted by molar-refractivity contribution is -0.0585. The Hall–Kier alpha value is -1.39. The minimum atomic E-state index is -6.85. The van der Waals surface area contributed by atoms with Gasteiger partial charge in [0, 0.05) is 11.9 Å². The van der Waals surface area contributed by atoms with E-state index in [2.05, 4.69) is 20.8 Å². The minimum absolute atomic E-state index is 0.0852. The first-order valence-electron chi connectivity index (χ1n) is 7.10. The van der Waals surface area contributed by atoms with Gasteiger partial charge in [0.25, 0.3) is 0 Å². The van der Waals surface area contributed by atoms with Gasteiger partial charge in [-0.25, -0.2) is 0 Å². The summed E-state index contributed by atoms with van der Waals surface area (Å²) in [7, 11) is -14.7. The van der Waals surface area contributed by atoms with Crippen LogP contribution in [0.5, 0.6) is 0 Å². The van der Waals surface area contributed by atoms with Gasteiger partial charge in [0.1, 0.15) is 0 Å². The maximum atomic E-state index is 11.4. The van der Waals surface area contributed by atoms with Crippen LogP contribution >= 0.6 is 0 Å². The first kappa shape index (κ1) is 27.6. The standard InChI is InChI=1S/C11H17NOS.C2F6O5S2/c1-11(2,3)8-5-6-10(14(4)13)9(12)7-8;3-1(4,5)14(9,10)13-15(11,12)2(6,7)8/h5-7H,12H2,1-4H3;. The Labute approximate surface area is 165 Å². The van der Waals surface area contributed by atoms with Crippen molar-refractivity contribution in [2.45, 2.75) is 42.1 Å². The average Bonchev–Trinajstić information content (AvgIpc) is 2.42. The highest BCUT2D eigenvalue weighted by Crippen LogP contribution is 2.32. The third-order valence-electron chi connectivity index (χ3n) is 2.93. The second-order valence-electron chi connectivity index (χ2n) is 6.32. The zero-order chi connectivity index (χ0) is 23.6. The molecule has 1 rings (SSSR count). The second-order valence-corrected chi connectivity index (χ2v) is 11.0. The van der Waals surface area contributed by atoms with Gasteiger partial charge < -0.3 is 5.73 Å². The third kappa shape index (κ3) is 7.75. The Morgan fingerprint density at radius 2 is 1.28 bits per heavy atom. The highest BCUT2D eigenvalue weighted by molar-refractivity contribution is 8.00. The molecule has 29 heavy (non-hydrogen) atoms. The molecule has 0 fully saturated rings. The number of nitrogens with two attached hydrogens (primary N) is 1. The summed E-state index contributed by atoms with van der Waals surface area (Å²) in [5.41, 5.74) is -4.81. The van der Waals surface area contributed by atoms with Crippen LogP contribution in [-0.4, -0.2) is 38.3 Å². The Morgan fingerprint density at radius 3 is 1.52 bits per heavy atom. The molecule has 170 valence electrons. The smallest absolute Gasteiger partial charge is 0.398 e. The molecule has 0 bridgehead atoms. The van der Waals surface area contributed by atoms with E-state index in [9.17, 15) is 47.4 Å². The zero-order valence-electron chi connectivity index (χ0n) is 15.3. The molecule has 16 heteroatoms. The fourth-order valence-corrected chi connectivity index (χ4v) is 3.68. The van der Waals surface area contributed by atoms with Gasteiger partial charge in [0.2, 0.25) is 0 Å². The normalized spacial score (nSPS) is 14.7. The molecule has 0 saturated heterocycles. The number of hydrogen-bond acceptors (Lipinski definition) is 7. The number of halogens is 6. The molecule has 7 nitrogen and oxygen atoms in total. The van der Waals surface area contributed by atoms with Crippen LogP contribution in [0.3, 0.4) is 0 Å². The van der Waals surface area contributed by atoms with E-state index < -0.39 is 42.1 Å². The highest BCUT2D eigenvalue weighted by Gasteiger charge is 2.57. The van der Waals surface area contributed by atoms with Gasteiger partial charge in [0.15, 0.2) is 0 Å². The first-order chi connectivity index (χ1) is 12.5. The summed E-state index contributed by atoms with van der Waals surface area (Å²) in [6.07, 6.45) is 1.64. The van der Waals surface area contributed by atoms with Gasteiger partial charge in [0.05, 0.1) is 15.7 Å². The largest absolute Gasteiger partial charge is 0.524 e. The predicted octanol–water partition coefficient (Wildman–Crippen LogP) is 3.01. The van der Waals surface area contributed by atoms with Crippen molar-refractivity contribution in [3.05, 3.63) is 23.8 Å². The van der Waals surface area contributed by atoms with Gasteiger partial charge >= 0.3 is 31.3 Å². The lowest BCUT2D eigenvalue weighted by Gasteiger charge is -2.19. The van der Waals surface area contributed by atoms with Crippen molar-refractivity contribution in [2.75, 3.05) is 12.0 Å². The van der Waals surface area contributed by atoms with E-state index in [4.69, 9.17) is 5.73 Å². The average molecular weight is 493 g/mol. The van der Waals surface area contributed by atoms with E-state index in [1.165, 1.54) is 5.56 Å². The van der Waals surface area contributed by atoms with Gasteiger partial charge in [-0.2, -0.15) is 43.2 Å². The summed E-state index contributed by atoms with van der Waals surface area (Å²) < 4.78 is 121. The van der Waals surface area contributed by atoms with Crippen molar-refractivity contribution in [3.63, 3.8) is 0 Å². The van der Waals surface area contributed by atoms with E-state index >= 15 is 0 Å². The predicted molar refractivity (Wildman–Crippen MR) is 92.9 cm³/mol. The zero-order valence-corrected chi connectivity index (χ0v) is 17.7. The van der Waals surface area contributed by atoms with Crippen LogP contribution in [0, 0.1) is 0 Å². The lowest BCUT2D eigenvalue weighted by atomic mass is 9.87. The molecule has 1 aromatic rings. The number of rotatable bonds is 3. The monoisotopic (exact) mass is 493 g/mol. The quantitative estimate of drug-likeness (QED) is 0.390. The van der Waals surface area contributed by atoms with Crippen LogP contribution in [0.2, 0.25) is 0 Å². The molecule has 0 radical (unpaired) electrons. The van der Waals surface area contributed by atoms with E-state index in [0.29, 0.717) is 5.69 Å². The van der Waals surface area contributed by atoms with Gasteiger partial charge in [-0.3, -0.25) is 4.21 Å². The van der Waals surface area contributed by atoms with Crippen molar-refractivity contribution in [1.82, 2.24) is 0 Å². The van der Waals surface area contributed by atoms with Gasteiger partial charge in [-0.1, -0.05) is 26.8 Å². The number of anilines is 1. The summed E-state index contributed by atoms with van der Waals surface area (Å²) in [6.45, 7) is 6.39.